The van der Waals surface area contributed by atoms with E-state index in [1.165, 1.54) is 16.2 Å². The SMILES string of the molecule is Cc1ccc(/C(O)=C2/C(=O)C(=O)N(c3cc(C)ccc3C)C2c2cccs2)cc1. The number of anilines is 1. The Hall–Kier alpha value is -3.18. The van der Waals surface area contributed by atoms with Crippen LogP contribution in [0.2, 0.25) is 0 Å². The van der Waals surface area contributed by atoms with E-state index in [1.807, 2.05) is 68.6 Å². The number of carbonyl (C=O) groups is 2. The normalized spacial score (nSPS) is 18.4. The lowest BCUT2D eigenvalue weighted by molar-refractivity contribution is -0.132. The lowest BCUT2D eigenvalue weighted by Crippen LogP contribution is -2.29. The quantitative estimate of drug-likeness (QED) is 0.367. The van der Waals surface area contributed by atoms with Crippen molar-refractivity contribution >= 4 is 34.5 Å². The number of aliphatic hydroxyl groups is 1. The monoisotopic (exact) mass is 403 g/mol. The molecule has 0 spiro atoms. The summed E-state index contributed by atoms with van der Waals surface area (Å²) in [6.45, 7) is 5.82. The molecule has 146 valence electrons. The van der Waals surface area contributed by atoms with E-state index in [0.29, 0.717) is 11.3 Å². The number of hydrogen-bond donors (Lipinski definition) is 1. The van der Waals surface area contributed by atoms with Gasteiger partial charge < -0.3 is 5.11 Å². The maximum absolute atomic E-state index is 13.1. The summed E-state index contributed by atoms with van der Waals surface area (Å²) in [7, 11) is 0. The maximum atomic E-state index is 13.1. The number of nitrogens with zero attached hydrogens (tertiary/aromatic N) is 1. The van der Waals surface area contributed by atoms with Crippen molar-refractivity contribution in [3.8, 4) is 0 Å². The highest BCUT2D eigenvalue weighted by atomic mass is 32.1. The molecule has 1 N–H and O–H groups in total. The van der Waals surface area contributed by atoms with Gasteiger partial charge in [0.15, 0.2) is 0 Å². The molecule has 0 aliphatic carbocycles. The van der Waals surface area contributed by atoms with Gasteiger partial charge in [-0.15, -0.1) is 11.3 Å². The summed E-state index contributed by atoms with van der Waals surface area (Å²) < 4.78 is 0. The van der Waals surface area contributed by atoms with Gasteiger partial charge in [-0.05, 0) is 49.4 Å². The minimum Gasteiger partial charge on any atom is -0.507 e. The Balaban J connectivity index is 1.95. The Morgan fingerprint density at radius 1 is 0.966 bits per heavy atom. The lowest BCUT2D eigenvalue weighted by atomic mass is 9.99. The van der Waals surface area contributed by atoms with Gasteiger partial charge in [0.2, 0.25) is 0 Å². The zero-order valence-electron chi connectivity index (χ0n) is 16.5. The molecule has 4 rings (SSSR count). The van der Waals surface area contributed by atoms with Crippen molar-refractivity contribution in [2.45, 2.75) is 26.8 Å². The summed E-state index contributed by atoms with van der Waals surface area (Å²) >= 11 is 1.46. The van der Waals surface area contributed by atoms with Gasteiger partial charge >= 0.3 is 0 Å². The third kappa shape index (κ3) is 3.28. The summed E-state index contributed by atoms with van der Waals surface area (Å²) in [5.41, 5.74) is 4.28. The maximum Gasteiger partial charge on any atom is 0.300 e. The third-order valence-corrected chi connectivity index (χ3v) is 6.13. The van der Waals surface area contributed by atoms with Crippen LogP contribution in [0.1, 0.15) is 33.2 Å². The molecule has 1 saturated heterocycles. The van der Waals surface area contributed by atoms with Gasteiger partial charge in [-0.25, -0.2) is 0 Å². The number of thiophene rings is 1. The van der Waals surface area contributed by atoms with Crippen molar-refractivity contribution in [2.75, 3.05) is 4.90 Å². The lowest BCUT2D eigenvalue weighted by Gasteiger charge is -2.26. The van der Waals surface area contributed by atoms with Crippen LogP contribution in [0, 0.1) is 20.8 Å². The predicted molar refractivity (Wildman–Crippen MR) is 116 cm³/mol. The highest BCUT2D eigenvalue weighted by Crippen LogP contribution is 2.44. The van der Waals surface area contributed by atoms with Crippen molar-refractivity contribution in [3.63, 3.8) is 0 Å². The minimum absolute atomic E-state index is 0.127. The molecule has 0 saturated carbocycles. The van der Waals surface area contributed by atoms with Crippen LogP contribution >= 0.6 is 11.3 Å². The van der Waals surface area contributed by atoms with Crippen LogP contribution in [-0.2, 0) is 9.59 Å². The number of Topliss-reactive ketones (excluding diaryl/α,β-unsaturated/α-hetero) is 1. The predicted octanol–water partition coefficient (Wildman–Crippen LogP) is 5.30. The first-order valence-electron chi connectivity index (χ1n) is 9.37. The molecule has 2 aromatic carbocycles. The standard InChI is InChI=1S/C24H21NO3S/c1-14-7-10-17(11-8-14)22(26)20-21(19-5-4-12-29-19)25(24(28)23(20)27)18-13-15(2)6-9-16(18)3/h4-13,21,26H,1-3H3/b22-20-. The first kappa shape index (κ1) is 19.2. The molecule has 4 nitrogen and oxygen atoms in total. The molecule has 5 heteroatoms. The third-order valence-electron chi connectivity index (χ3n) is 5.21. The van der Waals surface area contributed by atoms with E-state index in [0.717, 1.165) is 21.6 Å². The Bertz CT molecular complexity index is 1130. The molecular formula is C24H21NO3S. The molecule has 1 aromatic heterocycles. The van der Waals surface area contributed by atoms with E-state index in [9.17, 15) is 14.7 Å². The molecule has 1 fully saturated rings. The van der Waals surface area contributed by atoms with E-state index >= 15 is 0 Å². The van der Waals surface area contributed by atoms with E-state index in [2.05, 4.69) is 0 Å². The van der Waals surface area contributed by atoms with Gasteiger partial charge in [0.1, 0.15) is 11.8 Å². The number of aryl methyl sites for hydroxylation is 3. The number of benzene rings is 2. The van der Waals surface area contributed by atoms with Crippen LogP contribution in [0.25, 0.3) is 5.76 Å². The second-order valence-corrected chi connectivity index (χ2v) is 8.32. The zero-order chi connectivity index (χ0) is 20.7. The highest BCUT2D eigenvalue weighted by molar-refractivity contribution is 7.10. The molecule has 0 bridgehead atoms. The second-order valence-electron chi connectivity index (χ2n) is 7.34. The van der Waals surface area contributed by atoms with Gasteiger partial charge in [0.25, 0.3) is 11.7 Å². The van der Waals surface area contributed by atoms with E-state index in [1.54, 1.807) is 12.1 Å². The largest absolute Gasteiger partial charge is 0.507 e. The fraction of sp³-hybridized carbons (Fsp3) is 0.167. The van der Waals surface area contributed by atoms with Gasteiger partial charge in [-0.3, -0.25) is 14.5 Å². The van der Waals surface area contributed by atoms with Crippen molar-refractivity contribution in [1.29, 1.82) is 0 Å². The van der Waals surface area contributed by atoms with E-state index in [4.69, 9.17) is 0 Å². The average Bonchev–Trinajstić information content (AvgIpc) is 3.31. The fourth-order valence-corrected chi connectivity index (χ4v) is 4.47. The Kier molecular flexibility index (Phi) is 4.84. The fourth-order valence-electron chi connectivity index (χ4n) is 3.64. The summed E-state index contributed by atoms with van der Waals surface area (Å²) in [6.07, 6.45) is 0. The molecule has 1 unspecified atom stereocenters. The number of rotatable bonds is 3. The van der Waals surface area contributed by atoms with E-state index in [-0.39, 0.29) is 11.3 Å². The van der Waals surface area contributed by atoms with Crippen molar-refractivity contribution in [3.05, 3.63) is 92.7 Å². The van der Waals surface area contributed by atoms with Gasteiger partial charge in [0, 0.05) is 16.1 Å². The summed E-state index contributed by atoms with van der Waals surface area (Å²) in [5, 5.41) is 12.9. The summed E-state index contributed by atoms with van der Waals surface area (Å²) in [4.78, 5) is 28.5. The molecule has 1 amide bonds. The second kappa shape index (κ2) is 7.33. The number of hydrogen-bond acceptors (Lipinski definition) is 4. The van der Waals surface area contributed by atoms with Crippen LogP contribution in [0.15, 0.2) is 65.6 Å². The summed E-state index contributed by atoms with van der Waals surface area (Å²) in [5.74, 6) is -1.43. The molecular weight excluding hydrogens is 382 g/mol. The van der Waals surface area contributed by atoms with Crippen LogP contribution in [0.5, 0.6) is 0 Å². The first-order chi connectivity index (χ1) is 13.9. The first-order valence-corrected chi connectivity index (χ1v) is 10.2. The van der Waals surface area contributed by atoms with Crippen molar-refractivity contribution in [1.82, 2.24) is 0 Å². The van der Waals surface area contributed by atoms with Crippen LogP contribution < -0.4 is 4.90 Å². The van der Waals surface area contributed by atoms with Crippen LogP contribution in [0.3, 0.4) is 0 Å². The van der Waals surface area contributed by atoms with E-state index < -0.39 is 17.7 Å². The Morgan fingerprint density at radius 2 is 1.66 bits per heavy atom. The van der Waals surface area contributed by atoms with Crippen LogP contribution in [0.4, 0.5) is 5.69 Å². The Morgan fingerprint density at radius 3 is 2.31 bits per heavy atom. The average molecular weight is 404 g/mol. The summed E-state index contributed by atoms with van der Waals surface area (Å²) in [6, 6.07) is 16.2. The van der Waals surface area contributed by atoms with Gasteiger partial charge in [-0.2, -0.15) is 0 Å². The molecule has 1 aliphatic rings. The minimum atomic E-state index is -0.664. The van der Waals surface area contributed by atoms with Crippen molar-refractivity contribution in [2.24, 2.45) is 0 Å². The highest BCUT2D eigenvalue weighted by Gasteiger charge is 2.47. The molecule has 0 radical (unpaired) electrons. The number of aliphatic hydroxyl groups excluding tert-OH is 1. The smallest absolute Gasteiger partial charge is 0.300 e. The molecule has 1 atom stereocenters. The van der Waals surface area contributed by atoms with Gasteiger partial charge in [0.05, 0.1) is 5.57 Å². The van der Waals surface area contributed by atoms with Crippen molar-refractivity contribution < 1.29 is 14.7 Å². The number of amides is 1. The topological polar surface area (TPSA) is 57.6 Å². The van der Waals surface area contributed by atoms with Crippen LogP contribution in [-0.4, -0.2) is 16.8 Å². The van der Waals surface area contributed by atoms with Gasteiger partial charge in [-0.1, -0.05) is 48.0 Å². The zero-order valence-corrected chi connectivity index (χ0v) is 17.3. The molecule has 29 heavy (non-hydrogen) atoms. The number of carbonyl (C=O) groups excluding carboxylic acids is 2. The number of ketones is 1. The molecule has 1 aliphatic heterocycles. The molecule has 2 heterocycles. The Labute approximate surface area is 173 Å². The molecule has 3 aromatic rings.